The molecular weight excluding hydrogens is 468 g/mol. The number of aromatic nitrogens is 1. The maximum Gasteiger partial charge on any atom is 0.319 e. The topological polar surface area (TPSA) is 96.0 Å². The Labute approximate surface area is 218 Å². The number of nitrogens with one attached hydrogen (secondary N) is 2. The van der Waals surface area contributed by atoms with Gasteiger partial charge in [-0.15, -0.1) is 0 Å². The highest BCUT2D eigenvalue weighted by Crippen LogP contribution is 2.38. The SMILES string of the molecule is CCNC(=O)Nc1ccc([C@H]2O[C@@H](CN(C)CCc3ccccn3)C[C@@H](c3ccc(CO)cc3)O2)cc1. The van der Waals surface area contributed by atoms with Crippen LogP contribution in [0.2, 0.25) is 0 Å². The van der Waals surface area contributed by atoms with Gasteiger partial charge in [0.1, 0.15) is 0 Å². The molecule has 4 rings (SSSR count). The lowest BCUT2D eigenvalue weighted by Crippen LogP contribution is -2.38. The monoisotopic (exact) mass is 504 g/mol. The molecule has 3 N–H and O–H groups in total. The number of aliphatic hydroxyl groups excluding tert-OH is 1. The minimum absolute atomic E-state index is 0.0118. The molecule has 8 nitrogen and oxygen atoms in total. The van der Waals surface area contributed by atoms with E-state index in [2.05, 4.69) is 27.6 Å². The summed E-state index contributed by atoms with van der Waals surface area (Å²) < 4.78 is 12.9. The summed E-state index contributed by atoms with van der Waals surface area (Å²) in [5.41, 5.74) is 4.59. The van der Waals surface area contributed by atoms with Crippen molar-refractivity contribution in [2.45, 2.75) is 44.9 Å². The Morgan fingerprint density at radius 3 is 2.49 bits per heavy atom. The van der Waals surface area contributed by atoms with Crippen LogP contribution in [-0.4, -0.2) is 53.8 Å². The number of carbonyl (C=O) groups is 1. The van der Waals surface area contributed by atoms with Gasteiger partial charge in [0.25, 0.3) is 0 Å². The molecular formula is C29H36N4O4. The quantitative estimate of drug-likeness (QED) is 0.378. The van der Waals surface area contributed by atoms with E-state index in [9.17, 15) is 9.90 Å². The third-order valence-corrected chi connectivity index (χ3v) is 6.38. The largest absolute Gasteiger partial charge is 0.392 e. The summed E-state index contributed by atoms with van der Waals surface area (Å²) in [4.78, 5) is 18.5. The number of pyridine rings is 1. The summed E-state index contributed by atoms with van der Waals surface area (Å²) in [6.45, 7) is 4.08. The molecule has 0 aliphatic carbocycles. The Morgan fingerprint density at radius 1 is 1.05 bits per heavy atom. The van der Waals surface area contributed by atoms with Crippen LogP contribution >= 0.6 is 0 Å². The number of ether oxygens (including phenoxy) is 2. The standard InChI is InChI=1S/C29H36N4O4/c1-3-30-29(35)32-25-13-11-23(12-14-25)28-36-26(19-33(2)17-15-24-6-4-5-16-31-24)18-27(37-28)22-9-7-21(20-34)8-10-22/h4-14,16,26-28,34H,3,15,17-20H2,1-2H3,(H2,30,32,35)/t26-,27+,28+/m1/s1. The maximum absolute atomic E-state index is 11.8. The number of urea groups is 1. The predicted octanol–water partition coefficient (Wildman–Crippen LogP) is 4.44. The van der Waals surface area contributed by atoms with Crippen LogP contribution in [0.5, 0.6) is 0 Å². The Kier molecular flexibility index (Phi) is 9.62. The first-order valence-corrected chi connectivity index (χ1v) is 12.8. The van der Waals surface area contributed by atoms with Crippen LogP contribution in [0.25, 0.3) is 0 Å². The number of likely N-dealkylation sites (N-methyl/N-ethyl adjacent to an activating group) is 1. The zero-order valence-electron chi connectivity index (χ0n) is 21.5. The normalized spacial score (nSPS) is 19.5. The molecule has 2 heterocycles. The van der Waals surface area contributed by atoms with Crippen LogP contribution in [-0.2, 0) is 22.5 Å². The summed E-state index contributed by atoms with van der Waals surface area (Å²) >= 11 is 0. The average molecular weight is 505 g/mol. The van der Waals surface area contributed by atoms with Crippen molar-refractivity contribution >= 4 is 11.7 Å². The van der Waals surface area contributed by atoms with Gasteiger partial charge in [-0.25, -0.2) is 4.79 Å². The number of benzene rings is 2. The van der Waals surface area contributed by atoms with Crippen LogP contribution in [0.4, 0.5) is 10.5 Å². The van der Waals surface area contributed by atoms with Crippen molar-refractivity contribution in [3.05, 3.63) is 95.3 Å². The Balaban J connectivity index is 1.45. The summed E-state index contributed by atoms with van der Waals surface area (Å²) in [5.74, 6) is 0. The molecule has 0 bridgehead atoms. The van der Waals surface area contributed by atoms with E-state index in [1.165, 1.54) is 0 Å². The molecule has 0 unspecified atom stereocenters. The van der Waals surface area contributed by atoms with Gasteiger partial charge in [0.15, 0.2) is 6.29 Å². The molecule has 3 atom stereocenters. The van der Waals surface area contributed by atoms with Gasteiger partial charge < -0.3 is 30.1 Å². The lowest BCUT2D eigenvalue weighted by Gasteiger charge is -2.38. The second-order valence-corrected chi connectivity index (χ2v) is 9.29. The van der Waals surface area contributed by atoms with E-state index in [1.807, 2.05) is 79.9 Å². The minimum Gasteiger partial charge on any atom is -0.392 e. The molecule has 37 heavy (non-hydrogen) atoms. The van der Waals surface area contributed by atoms with Crippen LogP contribution in [0.1, 0.15) is 48.1 Å². The van der Waals surface area contributed by atoms with Gasteiger partial charge in [0, 0.05) is 55.6 Å². The van der Waals surface area contributed by atoms with Crippen LogP contribution in [0.3, 0.4) is 0 Å². The minimum atomic E-state index is -0.538. The van der Waals surface area contributed by atoms with E-state index in [1.54, 1.807) is 0 Å². The van der Waals surface area contributed by atoms with Crippen LogP contribution in [0.15, 0.2) is 72.9 Å². The first-order valence-electron chi connectivity index (χ1n) is 12.8. The van der Waals surface area contributed by atoms with E-state index in [-0.39, 0.29) is 24.8 Å². The van der Waals surface area contributed by atoms with E-state index >= 15 is 0 Å². The van der Waals surface area contributed by atoms with Gasteiger partial charge in [0.05, 0.1) is 18.8 Å². The maximum atomic E-state index is 11.8. The van der Waals surface area contributed by atoms with Gasteiger partial charge in [-0.1, -0.05) is 42.5 Å². The Morgan fingerprint density at radius 2 is 1.81 bits per heavy atom. The Hall–Kier alpha value is -3.30. The molecule has 2 aromatic carbocycles. The smallest absolute Gasteiger partial charge is 0.319 e. The Bertz CT molecular complexity index is 1110. The van der Waals surface area contributed by atoms with Crippen molar-refractivity contribution in [2.75, 3.05) is 32.0 Å². The molecule has 1 saturated heterocycles. The summed E-state index contributed by atoms with van der Waals surface area (Å²) in [6, 6.07) is 21.2. The molecule has 1 aliphatic heterocycles. The first kappa shape index (κ1) is 26.8. The molecule has 8 heteroatoms. The molecule has 196 valence electrons. The second-order valence-electron chi connectivity index (χ2n) is 9.29. The number of rotatable bonds is 10. The molecule has 3 aromatic rings. The van der Waals surface area contributed by atoms with Crippen LogP contribution < -0.4 is 10.6 Å². The zero-order valence-corrected chi connectivity index (χ0v) is 21.5. The number of hydrogen-bond acceptors (Lipinski definition) is 6. The van der Waals surface area contributed by atoms with E-state index in [4.69, 9.17) is 9.47 Å². The molecule has 1 aliphatic rings. The first-order chi connectivity index (χ1) is 18.0. The fraction of sp³-hybridized carbons (Fsp3) is 0.379. The highest BCUT2D eigenvalue weighted by molar-refractivity contribution is 5.89. The fourth-order valence-corrected chi connectivity index (χ4v) is 4.38. The lowest BCUT2D eigenvalue weighted by atomic mass is 9.99. The van der Waals surface area contributed by atoms with Gasteiger partial charge in [-0.2, -0.15) is 0 Å². The van der Waals surface area contributed by atoms with Crippen molar-refractivity contribution in [1.29, 1.82) is 0 Å². The van der Waals surface area contributed by atoms with Gasteiger partial charge >= 0.3 is 6.03 Å². The lowest BCUT2D eigenvalue weighted by molar-refractivity contribution is -0.252. The number of amides is 2. The molecule has 2 amide bonds. The third-order valence-electron chi connectivity index (χ3n) is 6.38. The van der Waals surface area contributed by atoms with Crippen molar-refractivity contribution in [3.8, 4) is 0 Å². The predicted molar refractivity (Wildman–Crippen MR) is 143 cm³/mol. The number of carbonyl (C=O) groups excluding carboxylic acids is 1. The number of hydrogen-bond donors (Lipinski definition) is 3. The molecule has 1 aromatic heterocycles. The van der Waals surface area contributed by atoms with Crippen molar-refractivity contribution in [2.24, 2.45) is 0 Å². The highest BCUT2D eigenvalue weighted by atomic mass is 16.7. The highest BCUT2D eigenvalue weighted by Gasteiger charge is 2.32. The molecule has 0 saturated carbocycles. The number of nitrogens with zero attached hydrogens (tertiary/aromatic N) is 2. The van der Waals surface area contributed by atoms with E-state index in [0.29, 0.717) is 12.2 Å². The van der Waals surface area contributed by atoms with E-state index in [0.717, 1.165) is 48.3 Å². The van der Waals surface area contributed by atoms with Crippen molar-refractivity contribution in [3.63, 3.8) is 0 Å². The van der Waals surface area contributed by atoms with E-state index < -0.39 is 6.29 Å². The van der Waals surface area contributed by atoms with Crippen molar-refractivity contribution in [1.82, 2.24) is 15.2 Å². The number of aliphatic hydroxyl groups is 1. The fourth-order valence-electron chi connectivity index (χ4n) is 4.38. The molecule has 0 spiro atoms. The van der Waals surface area contributed by atoms with Crippen molar-refractivity contribution < 1.29 is 19.4 Å². The van der Waals surface area contributed by atoms with Gasteiger partial charge in [-0.3, -0.25) is 4.98 Å². The molecule has 1 fully saturated rings. The van der Waals surface area contributed by atoms with Crippen LogP contribution in [0, 0.1) is 0 Å². The summed E-state index contributed by atoms with van der Waals surface area (Å²) in [5, 5.41) is 15.0. The van der Waals surface area contributed by atoms with Gasteiger partial charge in [0.2, 0.25) is 0 Å². The third kappa shape index (κ3) is 7.84. The average Bonchev–Trinajstić information content (AvgIpc) is 2.93. The summed E-state index contributed by atoms with van der Waals surface area (Å²) in [6.07, 6.45) is 2.70. The summed E-state index contributed by atoms with van der Waals surface area (Å²) in [7, 11) is 2.10. The number of anilines is 1. The molecule has 0 radical (unpaired) electrons. The second kappa shape index (κ2) is 13.3. The zero-order chi connectivity index (χ0) is 26.0. The van der Waals surface area contributed by atoms with Gasteiger partial charge in [-0.05, 0) is 49.4 Å².